The number of benzene rings is 1. The molecule has 1 N–H and O–H groups in total. The van der Waals surface area contributed by atoms with Gasteiger partial charge < -0.3 is 10.1 Å². The van der Waals surface area contributed by atoms with Crippen molar-refractivity contribution in [2.24, 2.45) is 0 Å². The van der Waals surface area contributed by atoms with Gasteiger partial charge in [-0.1, -0.05) is 0 Å². The number of carbonyl (C=O) groups excluding carboxylic acids is 1. The molecule has 0 aliphatic carbocycles. The fourth-order valence-corrected chi connectivity index (χ4v) is 0.964. The van der Waals surface area contributed by atoms with Crippen molar-refractivity contribution in [1.29, 1.82) is 0 Å². The average Bonchev–Trinajstić information content (AvgIpc) is 2.15. The number of anilines is 1. The Hall–Kier alpha value is -1.79. The topological polar surface area (TPSA) is 38.3 Å². The number of halogens is 4. The first kappa shape index (κ1) is 12.3. The Morgan fingerprint density at radius 1 is 1.38 bits per heavy atom. The third-order valence-corrected chi connectivity index (χ3v) is 1.55. The molecule has 0 aliphatic rings. The van der Waals surface area contributed by atoms with Gasteiger partial charge in [-0.15, -0.1) is 0 Å². The van der Waals surface area contributed by atoms with Crippen molar-refractivity contribution in [3.8, 4) is 5.75 Å². The summed E-state index contributed by atoms with van der Waals surface area (Å²) in [5, 5.41) is 2.04. The zero-order chi connectivity index (χ0) is 12.2. The van der Waals surface area contributed by atoms with Crippen molar-refractivity contribution in [1.82, 2.24) is 0 Å². The Morgan fingerprint density at radius 2 is 2.06 bits per heavy atom. The van der Waals surface area contributed by atoms with Crippen LogP contribution in [0.15, 0.2) is 18.2 Å². The quantitative estimate of drug-likeness (QED) is 0.644. The highest BCUT2D eigenvalue weighted by atomic mass is 19.4. The van der Waals surface area contributed by atoms with E-state index in [-0.39, 0.29) is 17.8 Å². The average molecular weight is 237 g/mol. The standard InChI is InChI=1S/C9H7F4NO2/c10-6-1-2-8(7(3-6)14-5-15)16-4-9(11,12)13/h1-3,5H,4H2,(H,14,15). The molecule has 16 heavy (non-hydrogen) atoms. The second-order valence-electron chi connectivity index (χ2n) is 2.81. The fraction of sp³-hybridized carbons (Fsp3) is 0.222. The lowest BCUT2D eigenvalue weighted by Gasteiger charge is -2.12. The number of rotatable bonds is 4. The maximum absolute atomic E-state index is 12.7. The van der Waals surface area contributed by atoms with Crippen LogP contribution in [-0.4, -0.2) is 19.2 Å². The second kappa shape index (κ2) is 4.82. The van der Waals surface area contributed by atoms with Gasteiger partial charge in [0.1, 0.15) is 11.6 Å². The normalized spacial score (nSPS) is 11.0. The lowest BCUT2D eigenvalue weighted by Crippen LogP contribution is -2.19. The minimum Gasteiger partial charge on any atom is -0.482 e. The summed E-state index contributed by atoms with van der Waals surface area (Å²) in [6, 6.07) is 2.80. The molecule has 0 heterocycles. The van der Waals surface area contributed by atoms with Crippen LogP contribution in [0, 0.1) is 5.82 Å². The van der Waals surface area contributed by atoms with Crippen LogP contribution in [0.5, 0.6) is 5.75 Å². The lowest BCUT2D eigenvalue weighted by molar-refractivity contribution is -0.153. The van der Waals surface area contributed by atoms with Crippen LogP contribution >= 0.6 is 0 Å². The predicted octanol–water partition coefficient (Wildman–Crippen LogP) is 2.34. The van der Waals surface area contributed by atoms with Gasteiger partial charge in [0, 0.05) is 6.07 Å². The molecule has 1 rings (SSSR count). The van der Waals surface area contributed by atoms with E-state index in [9.17, 15) is 22.4 Å². The van der Waals surface area contributed by atoms with Crippen LogP contribution in [0.1, 0.15) is 0 Å². The van der Waals surface area contributed by atoms with Gasteiger partial charge in [-0.3, -0.25) is 4.79 Å². The molecule has 0 bridgehead atoms. The van der Waals surface area contributed by atoms with Crippen LogP contribution in [0.25, 0.3) is 0 Å². The Morgan fingerprint density at radius 3 is 2.62 bits per heavy atom. The first-order valence-electron chi connectivity index (χ1n) is 4.11. The molecule has 3 nitrogen and oxygen atoms in total. The summed E-state index contributed by atoms with van der Waals surface area (Å²) in [5.74, 6) is -0.936. The molecule has 0 saturated heterocycles. The van der Waals surface area contributed by atoms with Crippen LogP contribution in [0.2, 0.25) is 0 Å². The number of nitrogens with one attached hydrogen (secondary N) is 1. The summed E-state index contributed by atoms with van der Waals surface area (Å²) in [5.41, 5.74) is -0.153. The predicted molar refractivity (Wildman–Crippen MR) is 47.6 cm³/mol. The highest BCUT2D eigenvalue weighted by Crippen LogP contribution is 2.26. The van der Waals surface area contributed by atoms with Crippen molar-refractivity contribution in [2.75, 3.05) is 11.9 Å². The molecule has 7 heteroatoms. The Balaban J connectivity index is 2.82. The van der Waals surface area contributed by atoms with E-state index in [0.717, 1.165) is 18.2 Å². The van der Waals surface area contributed by atoms with Crippen molar-refractivity contribution < 1.29 is 27.1 Å². The Kier molecular flexibility index (Phi) is 3.70. The molecule has 0 atom stereocenters. The molecular weight excluding hydrogens is 230 g/mol. The van der Waals surface area contributed by atoms with E-state index in [2.05, 4.69) is 4.74 Å². The van der Waals surface area contributed by atoms with Gasteiger partial charge in [-0.05, 0) is 12.1 Å². The third kappa shape index (κ3) is 3.76. The van der Waals surface area contributed by atoms with E-state index in [1.165, 1.54) is 0 Å². The summed E-state index contributed by atoms with van der Waals surface area (Å²) >= 11 is 0. The molecule has 88 valence electrons. The maximum Gasteiger partial charge on any atom is 0.422 e. The van der Waals surface area contributed by atoms with Crippen LogP contribution in [-0.2, 0) is 4.79 Å². The first-order valence-corrected chi connectivity index (χ1v) is 4.11. The highest BCUT2D eigenvalue weighted by molar-refractivity contribution is 5.75. The molecule has 0 unspecified atom stereocenters. The molecule has 0 aromatic heterocycles. The largest absolute Gasteiger partial charge is 0.482 e. The van der Waals surface area contributed by atoms with Crippen LogP contribution in [0.3, 0.4) is 0 Å². The van der Waals surface area contributed by atoms with Gasteiger partial charge in [-0.25, -0.2) is 4.39 Å². The third-order valence-electron chi connectivity index (χ3n) is 1.55. The summed E-state index contributed by atoms with van der Waals surface area (Å²) in [7, 11) is 0. The smallest absolute Gasteiger partial charge is 0.422 e. The summed E-state index contributed by atoms with van der Waals surface area (Å²) in [6.45, 7) is -1.51. The molecule has 0 spiro atoms. The van der Waals surface area contributed by atoms with Crippen molar-refractivity contribution in [3.05, 3.63) is 24.0 Å². The van der Waals surface area contributed by atoms with Crippen LogP contribution < -0.4 is 10.1 Å². The van der Waals surface area contributed by atoms with Gasteiger partial charge in [0.25, 0.3) is 0 Å². The fourth-order valence-electron chi connectivity index (χ4n) is 0.964. The molecule has 1 aromatic carbocycles. The number of hydrogen-bond donors (Lipinski definition) is 1. The first-order chi connectivity index (χ1) is 7.42. The maximum atomic E-state index is 12.7. The van der Waals surface area contributed by atoms with Gasteiger partial charge in [0.2, 0.25) is 6.41 Å². The molecule has 0 aliphatic heterocycles. The van der Waals surface area contributed by atoms with E-state index in [1.54, 1.807) is 0 Å². The van der Waals surface area contributed by atoms with E-state index < -0.39 is 18.6 Å². The molecule has 1 amide bonds. The highest BCUT2D eigenvalue weighted by Gasteiger charge is 2.28. The SMILES string of the molecule is O=CNc1cc(F)ccc1OCC(F)(F)F. The number of alkyl halides is 3. The molecule has 1 aromatic rings. The number of ether oxygens (including phenoxy) is 1. The summed E-state index contributed by atoms with van der Waals surface area (Å²) in [4.78, 5) is 10.1. The number of hydrogen-bond acceptors (Lipinski definition) is 2. The van der Waals surface area contributed by atoms with Crippen molar-refractivity contribution >= 4 is 12.1 Å². The molecule has 0 radical (unpaired) electrons. The Labute approximate surface area is 88.0 Å². The van der Waals surface area contributed by atoms with Crippen LogP contribution in [0.4, 0.5) is 23.2 Å². The molecule has 0 saturated carbocycles. The minimum absolute atomic E-state index is 0.153. The minimum atomic E-state index is -4.49. The monoisotopic (exact) mass is 237 g/mol. The van der Waals surface area contributed by atoms with Gasteiger partial charge in [0.05, 0.1) is 5.69 Å². The van der Waals surface area contributed by atoms with E-state index >= 15 is 0 Å². The number of carbonyl (C=O) groups is 1. The number of amides is 1. The zero-order valence-electron chi connectivity index (χ0n) is 7.84. The van der Waals surface area contributed by atoms with E-state index in [1.807, 2.05) is 5.32 Å². The van der Waals surface area contributed by atoms with E-state index in [4.69, 9.17) is 0 Å². The zero-order valence-corrected chi connectivity index (χ0v) is 7.84. The molecule has 0 fully saturated rings. The lowest BCUT2D eigenvalue weighted by atomic mass is 10.3. The summed E-state index contributed by atoms with van der Waals surface area (Å²) in [6.07, 6.45) is -4.28. The van der Waals surface area contributed by atoms with Crippen molar-refractivity contribution in [2.45, 2.75) is 6.18 Å². The van der Waals surface area contributed by atoms with Gasteiger partial charge >= 0.3 is 6.18 Å². The second-order valence-corrected chi connectivity index (χ2v) is 2.81. The molecular formula is C9H7F4NO2. The van der Waals surface area contributed by atoms with E-state index in [0.29, 0.717) is 0 Å². The Bertz CT molecular complexity index is 378. The summed E-state index contributed by atoms with van der Waals surface area (Å²) < 4.78 is 52.7. The van der Waals surface area contributed by atoms with Gasteiger partial charge in [-0.2, -0.15) is 13.2 Å². The van der Waals surface area contributed by atoms with Crippen molar-refractivity contribution in [3.63, 3.8) is 0 Å². The van der Waals surface area contributed by atoms with Gasteiger partial charge in [0.15, 0.2) is 6.61 Å².